The molecular formula is C21H15BKN6S3. The molecule has 0 saturated carbocycles. The summed E-state index contributed by atoms with van der Waals surface area (Å²) in [5.74, 6) is 0. The van der Waals surface area contributed by atoms with E-state index in [9.17, 15) is 0 Å². The fourth-order valence-corrected chi connectivity index (χ4v) is 5.50. The first kappa shape index (κ1) is 22.2. The standard InChI is InChI=1S/C21H15BN6S3.K/c1-4-19(29-13-1)16-7-10-26(23-16)22(27-11-8-17(24-27)20-5-2-14-30-20)28-12-9-18(25-28)21-6-3-15-31-21;/h1-15H;/q-1;+1. The summed E-state index contributed by atoms with van der Waals surface area (Å²) >= 11 is 5.04. The Labute approximate surface area is 239 Å². The topological polar surface area (TPSA) is 53.5 Å². The monoisotopic (exact) mass is 497 g/mol. The van der Waals surface area contributed by atoms with E-state index < -0.39 is 0 Å². The van der Waals surface area contributed by atoms with Crippen LogP contribution in [0.25, 0.3) is 31.7 Å². The van der Waals surface area contributed by atoms with Gasteiger partial charge in [-0.05, 0) is 71.1 Å². The molecular weight excluding hydrogens is 482 g/mol. The number of hydrogen-bond donors (Lipinski definition) is 0. The van der Waals surface area contributed by atoms with Gasteiger partial charge in [0.25, 0.3) is 7.12 Å². The zero-order chi connectivity index (χ0) is 20.6. The summed E-state index contributed by atoms with van der Waals surface area (Å²) in [5, 5.41) is 20.8. The molecule has 151 valence electrons. The van der Waals surface area contributed by atoms with E-state index in [0.29, 0.717) is 0 Å². The Morgan fingerprint density at radius 2 is 0.875 bits per heavy atom. The molecule has 32 heavy (non-hydrogen) atoms. The first-order valence-electron chi connectivity index (χ1n) is 9.62. The molecule has 0 amide bonds. The van der Waals surface area contributed by atoms with Crippen LogP contribution >= 0.6 is 34.0 Å². The maximum Gasteiger partial charge on any atom is 1.00 e. The van der Waals surface area contributed by atoms with Gasteiger partial charge in [-0.25, -0.2) is 15.3 Å². The van der Waals surface area contributed by atoms with Crippen LogP contribution in [-0.2, 0) is 0 Å². The molecule has 0 aromatic carbocycles. The van der Waals surface area contributed by atoms with E-state index in [1.54, 1.807) is 34.0 Å². The Hall–Kier alpha value is -1.57. The summed E-state index contributed by atoms with van der Waals surface area (Å²) < 4.78 is 5.72. The molecule has 0 aliphatic rings. The van der Waals surface area contributed by atoms with E-state index in [1.807, 2.05) is 68.8 Å². The van der Waals surface area contributed by atoms with Gasteiger partial charge in [-0.15, -0.1) is 34.0 Å². The quantitative estimate of drug-likeness (QED) is 0.332. The van der Waals surface area contributed by atoms with Crippen molar-refractivity contribution in [1.29, 1.82) is 0 Å². The normalized spacial score (nSPS) is 11.2. The van der Waals surface area contributed by atoms with E-state index in [4.69, 9.17) is 15.3 Å². The van der Waals surface area contributed by atoms with Crippen LogP contribution in [0.3, 0.4) is 0 Å². The zero-order valence-electron chi connectivity index (χ0n) is 17.1. The van der Waals surface area contributed by atoms with Gasteiger partial charge in [-0.2, -0.15) is 0 Å². The van der Waals surface area contributed by atoms with Crippen LogP contribution in [0.15, 0.2) is 89.3 Å². The van der Waals surface area contributed by atoms with E-state index in [1.165, 1.54) is 0 Å². The number of rotatable bonds is 6. The van der Waals surface area contributed by atoms with Crippen LogP contribution in [0.5, 0.6) is 0 Å². The van der Waals surface area contributed by atoms with E-state index >= 15 is 0 Å². The van der Waals surface area contributed by atoms with Crippen molar-refractivity contribution < 1.29 is 51.4 Å². The van der Waals surface area contributed by atoms with Gasteiger partial charge in [0.2, 0.25) is 0 Å². The average Bonchev–Trinajstić information content (AvgIpc) is 3.61. The number of thiophene rings is 3. The maximum atomic E-state index is 4.86. The van der Waals surface area contributed by atoms with Crippen molar-refractivity contribution >= 4 is 41.1 Å². The summed E-state index contributed by atoms with van der Waals surface area (Å²) in [6.07, 6.45) is 5.95. The van der Waals surface area contributed by atoms with Crippen LogP contribution < -0.4 is 51.4 Å². The minimum absolute atomic E-state index is 0. The van der Waals surface area contributed by atoms with Gasteiger partial charge < -0.3 is 13.8 Å². The molecule has 6 aromatic rings. The van der Waals surface area contributed by atoms with Crippen LogP contribution in [0.1, 0.15) is 0 Å². The zero-order valence-corrected chi connectivity index (χ0v) is 22.7. The van der Waals surface area contributed by atoms with Crippen molar-refractivity contribution in [3.05, 3.63) is 89.3 Å². The molecule has 0 fully saturated rings. The molecule has 6 heterocycles. The van der Waals surface area contributed by atoms with Gasteiger partial charge in [0.15, 0.2) is 0 Å². The average molecular weight is 498 g/mol. The Balaban J connectivity index is 0.00000216. The van der Waals surface area contributed by atoms with Crippen molar-refractivity contribution in [2.75, 3.05) is 0 Å². The Kier molecular flexibility index (Phi) is 6.77. The Bertz CT molecular complexity index is 1230. The Morgan fingerprint density at radius 1 is 0.531 bits per heavy atom. The number of hydrogen-bond acceptors (Lipinski definition) is 6. The van der Waals surface area contributed by atoms with Crippen molar-refractivity contribution in [3.63, 3.8) is 0 Å². The largest absolute Gasteiger partial charge is 1.00 e. The molecule has 0 spiro atoms. The van der Waals surface area contributed by atoms with Gasteiger partial charge in [0, 0.05) is 0 Å². The molecule has 6 rings (SSSR count). The number of nitrogens with zero attached hydrogens (tertiary/aromatic N) is 6. The van der Waals surface area contributed by atoms with E-state index in [2.05, 4.69) is 34.3 Å². The number of aromatic nitrogens is 6. The van der Waals surface area contributed by atoms with Crippen LogP contribution in [-0.4, -0.2) is 36.2 Å². The smallest absolute Gasteiger partial charge is 0.424 e. The van der Waals surface area contributed by atoms with E-state index in [-0.39, 0.29) is 58.5 Å². The molecule has 6 aromatic heterocycles. The summed E-state index contributed by atoms with van der Waals surface area (Å²) in [6.45, 7) is 0. The van der Waals surface area contributed by atoms with Crippen LogP contribution in [0, 0.1) is 0 Å². The van der Waals surface area contributed by atoms with Gasteiger partial charge in [0.05, 0.1) is 31.7 Å². The second kappa shape index (κ2) is 9.74. The molecule has 0 aliphatic carbocycles. The van der Waals surface area contributed by atoms with Crippen LogP contribution in [0.4, 0.5) is 0 Å². The minimum Gasteiger partial charge on any atom is -0.424 e. The summed E-state index contributed by atoms with van der Waals surface area (Å²) in [5.41, 5.74) is 2.82. The predicted molar refractivity (Wildman–Crippen MR) is 129 cm³/mol. The predicted octanol–water partition coefficient (Wildman–Crippen LogP) is 2.40. The fourth-order valence-electron chi connectivity index (χ4n) is 3.43. The molecule has 6 nitrogen and oxygen atoms in total. The molecule has 0 unspecified atom stereocenters. The molecule has 0 N–H and O–H groups in total. The van der Waals surface area contributed by atoms with E-state index in [0.717, 1.165) is 31.7 Å². The molecule has 1 radical (unpaired) electrons. The molecule has 0 aliphatic heterocycles. The fraction of sp³-hybridized carbons (Fsp3) is 0. The first-order valence-corrected chi connectivity index (χ1v) is 12.3. The second-order valence-corrected chi connectivity index (χ2v) is 9.66. The van der Waals surface area contributed by atoms with Gasteiger partial charge in [-0.3, -0.25) is 0 Å². The van der Waals surface area contributed by atoms with Crippen molar-refractivity contribution in [3.8, 4) is 31.7 Å². The molecule has 0 bridgehead atoms. The van der Waals surface area contributed by atoms with Gasteiger partial charge >= 0.3 is 51.4 Å². The maximum absolute atomic E-state index is 4.86. The third kappa shape index (κ3) is 4.31. The third-order valence-electron chi connectivity index (χ3n) is 4.86. The first-order chi connectivity index (χ1) is 15.3. The van der Waals surface area contributed by atoms with Gasteiger partial charge in [0.1, 0.15) is 0 Å². The third-order valence-corrected chi connectivity index (χ3v) is 7.53. The molecule has 0 atom stereocenters. The van der Waals surface area contributed by atoms with Crippen molar-refractivity contribution in [2.45, 2.75) is 0 Å². The minimum atomic E-state index is -0.351. The summed E-state index contributed by atoms with van der Waals surface area (Å²) in [4.78, 5) is 3.41. The SMILES string of the molecule is [K+].c1csc(-c2ccn([B-](n3ccc(-c4cccs4)n3)n3ccc(-c4cccs4)n3)n2)c1. The van der Waals surface area contributed by atoms with Gasteiger partial charge in [-0.1, -0.05) is 18.2 Å². The van der Waals surface area contributed by atoms with Crippen molar-refractivity contribution in [1.82, 2.24) is 29.1 Å². The summed E-state index contributed by atoms with van der Waals surface area (Å²) in [7, 11) is -0.351. The molecule has 0 saturated heterocycles. The Morgan fingerprint density at radius 3 is 1.16 bits per heavy atom. The van der Waals surface area contributed by atoms with Crippen molar-refractivity contribution in [2.24, 2.45) is 0 Å². The van der Waals surface area contributed by atoms with Crippen LogP contribution in [0.2, 0.25) is 0 Å². The molecule has 11 heteroatoms. The second-order valence-electron chi connectivity index (χ2n) is 6.82. The summed E-state index contributed by atoms with van der Waals surface area (Å²) in [6, 6.07) is 18.5.